The van der Waals surface area contributed by atoms with Crippen molar-refractivity contribution in [1.29, 1.82) is 0 Å². The molecule has 6 heteroatoms. The Kier molecular flexibility index (Phi) is 4.65. The molecule has 0 aromatic carbocycles. The zero-order valence-corrected chi connectivity index (χ0v) is 13.0. The van der Waals surface area contributed by atoms with Gasteiger partial charge in [-0.2, -0.15) is 0 Å². The highest BCUT2D eigenvalue weighted by molar-refractivity contribution is 9.10. The second-order valence-corrected chi connectivity index (χ2v) is 6.52. The van der Waals surface area contributed by atoms with Gasteiger partial charge < -0.3 is 15.5 Å². The number of anilines is 1. The minimum Gasteiger partial charge on any atom is -0.478 e. The fraction of sp³-hybridized carbons (Fsp3) is 0.571. The highest BCUT2D eigenvalue weighted by atomic mass is 79.9. The molecule has 0 bridgehead atoms. The Hall–Kier alpha value is -1.14. The van der Waals surface area contributed by atoms with E-state index >= 15 is 0 Å². The predicted octanol–water partition coefficient (Wildman–Crippen LogP) is 2.90. The van der Waals surface area contributed by atoms with Crippen molar-refractivity contribution >= 4 is 27.7 Å². The van der Waals surface area contributed by atoms with Gasteiger partial charge in [0.1, 0.15) is 11.4 Å². The Balaban J connectivity index is 2.26. The van der Waals surface area contributed by atoms with Crippen molar-refractivity contribution < 1.29 is 15.0 Å². The maximum absolute atomic E-state index is 11.3. The van der Waals surface area contributed by atoms with Crippen molar-refractivity contribution in [3.63, 3.8) is 0 Å². The van der Waals surface area contributed by atoms with Gasteiger partial charge in [0.25, 0.3) is 0 Å². The summed E-state index contributed by atoms with van der Waals surface area (Å²) in [6.45, 7) is 2.18. The largest absolute Gasteiger partial charge is 0.478 e. The molecule has 1 heterocycles. The first-order valence-corrected chi connectivity index (χ1v) is 7.53. The van der Waals surface area contributed by atoms with Crippen LogP contribution in [0.3, 0.4) is 0 Å². The van der Waals surface area contributed by atoms with Crippen LogP contribution in [0.25, 0.3) is 0 Å². The second-order valence-electron chi connectivity index (χ2n) is 5.60. The van der Waals surface area contributed by atoms with Crippen LogP contribution in [0.4, 0.5) is 5.82 Å². The summed E-state index contributed by atoms with van der Waals surface area (Å²) in [5.41, 5.74) is -0.344. The van der Waals surface area contributed by atoms with Gasteiger partial charge in [0, 0.05) is 10.7 Å². The monoisotopic (exact) mass is 342 g/mol. The molecule has 5 nitrogen and oxygen atoms in total. The lowest BCUT2D eigenvalue weighted by molar-refractivity contribution is 0.0696. The first-order chi connectivity index (χ1) is 9.46. The van der Waals surface area contributed by atoms with Crippen LogP contribution in [0.5, 0.6) is 0 Å². The number of hydrogen-bond donors (Lipinski definition) is 3. The number of carbonyl (C=O) groups is 1. The van der Waals surface area contributed by atoms with Crippen molar-refractivity contribution in [1.82, 2.24) is 4.98 Å². The van der Waals surface area contributed by atoms with E-state index in [4.69, 9.17) is 0 Å². The molecule has 2 rings (SSSR count). The molecule has 0 aliphatic heterocycles. The van der Waals surface area contributed by atoms with Gasteiger partial charge in [-0.1, -0.05) is 6.92 Å². The topological polar surface area (TPSA) is 82.5 Å². The molecule has 3 N–H and O–H groups in total. The molecule has 110 valence electrons. The number of nitrogens with zero attached hydrogens (tertiary/aromatic N) is 1. The third kappa shape index (κ3) is 3.30. The van der Waals surface area contributed by atoms with Gasteiger partial charge in [-0.15, -0.1) is 0 Å². The fourth-order valence-electron chi connectivity index (χ4n) is 2.59. The number of carboxylic acid groups (broad SMARTS) is 1. The predicted molar refractivity (Wildman–Crippen MR) is 80.0 cm³/mol. The van der Waals surface area contributed by atoms with Gasteiger partial charge in [0.15, 0.2) is 0 Å². The Morgan fingerprint density at radius 3 is 2.75 bits per heavy atom. The van der Waals surface area contributed by atoms with Gasteiger partial charge in [-0.25, -0.2) is 9.78 Å². The van der Waals surface area contributed by atoms with E-state index in [0.717, 1.165) is 25.7 Å². The highest BCUT2D eigenvalue weighted by Gasteiger charge is 2.34. The van der Waals surface area contributed by atoms with Crippen LogP contribution in [-0.2, 0) is 0 Å². The number of carboxylic acids is 1. The smallest absolute Gasteiger partial charge is 0.339 e. The normalized spacial score (nSPS) is 26.2. The second kappa shape index (κ2) is 6.10. The quantitative estimate of drug-likeness (QED) is 0.783. The minimum absolute atomic E-state index is 0.0173. The standard InChI is InChI=1S/C14H19BrN2O3/c1-9-2-4-14(8-18,5-3-9)17-12-11(13(19)20)6-10(15)7-16-12/h6-7,9,18H,2-5,8H2,1H3,(H,16,17)(H,19,20). The van der Waals surface area contributed by atoms with E-state index in [1.807, 2.05) is 0 Å². The summed E-state index contributed by atoms with van der Waals surface area (Å²) >= 11 is 3.23. The number of hydrogen-bond acceptors (Lipinski definition) is 4. The zero-order valence-electron chi connectivity index (χ0n) is 11.4. The van der Waals surface area contributed by atoms with Gasteiger partial charge in [-0.3, -0.25) is 0 Å². The van der Waals surface area contributed by atoms with Gasteiger partial charge in [-0.05, 0) is 53.6 Å². The number of pyridine rings is 1. The fourth-order valence-corrected chi connectivity index (χ4v) is 2.92. The molecule has 1 aliphatic rings. The first-order valence-electron chi connectivity index (χ1n) is 6.74. The molecule has 0 unspecified atom stereocenters. The summed E-state index contributed by atoms with van der Waals surface area (Å²) in [7, 11) is 0. The van der Waals surface area contributed by atoms with Crippen molar-refractivity contribution in [3.05, 3.63) is 22.3 Å². The SMILES string of the molecule is CC1CCC(CO)(Nc2ncc(Br)cc2C(=O)O)CC1. The molecule has 0 radical (unpaired) electrons. The van der Waals surface area contributed by atoms with Crippen LogP contribution in [0, 0.1) is 5.92 Å². The summed E-state index contributed by atoms with van der Waals surface area (Å²) in [5.74, 6) is -0.0591. The highest BCUT2D eigenvalue weighted by Crippen LogP contribution is 2.35. The average molecular weight is 343 g/mol. The lowest BCUT2D eigenvalue weighted by atomic mass is 9.77. The van der Waals surface area contributed by atoms with Gasteiger partial charge in [0.05, 0.1) is 12.1 Å². The molecular formula is C14H19BrN2O3. The number of aromatic nitrogens is 1. The van der Waals surface area contributed by atoms with Crippen molar-refractivity contribution in [2.45, 2.75) is 38.1 Å². The maximum Gasteiger partial charge on any atom is 0.339 e. The van der Waals surface area contributed by atoms with E-state index in [1.165, 1.54) is 6.07 Å². The molecule has 1 aromatic heterocycles. The summed E-state index contributed by atoms with van der Waals surface area (Å²) in [5, 5.41) is 22.2. The van der Waals surface area contributed by atoms with E-state index in [2.05, 4.69) is 33.2 Å². The Labute approximate surface area is 126 Å². The molecule has 0 saturated heterocycles. The molecule has 20 heavy (non-hydrogen) atoms. The number of aromatic carboxylic acids is 1. The average Bonchev–Trinajstić information content (AvgIpc) is 2.43. The van der Waals surface area contributed by atoms with Crippen LogP contribution in [0.1, 0.15) is 43.0 Å². The van der Waals surface area contributed by atoms with Crippen molar-refractivity contribution in [2.24, 2.45) is 5.92 Å². The molecule has 1 saturated carbocycles. The van der Waals surface area contributed by atoms with E-state index in [-0.39, 0.29) is 12.2 Å². The summed E-state index contributed by atoms with van der Waals surface area (Å²) in [6.07, 6.45) is 5.24. The number of nitrogens with one attached hydrogen (secondary N) is 1. The Morgan fingerprint density at radius 2 is 2.20 bits per heavy atom. The summed E-state index contributed by atoms with van der Waals surface area (Å²) < 4.78 is 0.621. The molecular weight excluding hydrogens is 324 g/mol. The third-order valence-corrected chi connectivity index (χ3v) is 4.44. The third-order valence-electron chi connectivity index (χ3n) is 4.00. The lowest BCUT2D eigenvalue weighted by Gasteiger charge is -2.39. The number of aliphatic hydroxyl groups is 1. The molecule has 1 aliphatic carbocycles. The molecule has 1 fully saturated rings. The Morgan fingerprint density at radius 1 is 1.55 bits per heavy atom. The number of rotatable bonds is 4. The molecule has 0 spiro atoms. The molecule has 0 amide bonds. The van der Waals surface area contributed by atoms with E-state index < -0.39 is 11.5 Å². The van der Waals surface area contributed by atoms with E-state index in [9.17, 15) is 15.0 Å². The van der Waals surface area contributed by atoms with Crippen LogP contribution in [0.2, 0.25) is 0 Å². The van der Waals surface area contributed by atoms with Crippen LogP contribution < -0.4 is 5.32 Å². The van der Waals surface area contributed by atoms with Gasteiger partial charge in [0.2, 0.25) is 0 Å². The van der Waals surface area contributed by atoms with Crippen LogP contribution in [-0.4, -0.2) is 33.3 Å². The van der Waals surface area contributed by atoms with Crippen molar-refractivity contribution in [2.75, 3.05) is 11.9 Å². The van der Waals surface area contributed by atoms with Crippen LogP contribution >= 0.6 is 15.9 Å². The zero-order chi connectivity index (χ0) is 14.8. The minimum atomic E-state index is -1.03. The number of halogens is 1. The molecule has 1 aromatic rings. The summed E-state index contributed by atoms with van der Waals surface area (Å²) in [4.78, 5) is 15.5. The lowest BCUT2D eigenvalue weighted by Crippen LogP contribution is -2.45. The maximum atomic E-state index is 11.3. The summed E-state index contributed by atoms with van der Waals surface area (Å²) in [6, 6.07) is 1.52. The van der Waals surface area contributed by atoms with Crippen LogP contribution in [0.15, 0.2) is 16.7 Å². The van der Waals surface area contributed by atoms with E-state index in [1.54, 1.807) is 6.20 Å². The van der Waals surface area contributed by atoms with Crippen molar-refractivity contribution in [3.8, 4) is 0 Å². The Bertz CT molecular complexity index is 499. The number of aliphatic hydroxyl groups excluding tert-OH is 1. The van der Waals surface area contributed by atoms with E-state index in [0.29, 0.717) is 16.2 Å². The first kappa shape index (κ1) is 15.3. The van der Waals surface area contributed by atoms with Gasteiger partial charge >= 0.3 is 5.97 Å². The molecule has 0 atom stereocenters.